The molecule has 1 aliphatic heterocycles. The molecule has 1 atom stereocenters. The fraction of sp³-hybridized carbons (Fsp3) is 0.900. The van der Waals surface area contributed by atoms with Crippen LogP contribution in [0.25, 0.3) is 0 Å². The number of alkyl halides is 4. The van der Waals surface area contributed by atoms with Crippen LogP contribution in [0.4, 0.5) is 17.6 Å². The number of amides is 1. The Balaban J connectivity index is 2.43. The molecule has 1 amide bonds. The first-order chi connectivity index (χ1) is 8.24. The van der Waals surface area contributed by atoms with Gasteiger partial charge in [-0.1, -0.05) is 0 Å². The summed E-state index contributed by atoms with van der Waals surface area (Å²) in [5.74, 6) is -4.26. The number of hydrogen-bond donors (Lipinski definition) is 1. The van der Waals surface area contributed by atoms with Gasteiger partial charge in [0.1, 0.15) is 0 Å². The summed E-state index contributed by atoms with van der Waals surface area (Å²) in [4.78, 5) is 14.2. The average Bonchev–Trinajstić information content (AvgIpc) is 2.28. The van der Waals surface area contributed by atoms with Crippen LogP contribution in [0.5, 0.6) is 0 Å². The average molecular weight is 271 g/mol. The van der Waals surface area contributed by atoms with E-state index in [1.165, 1.54) is 9.80 Å². The van der Waals surface area contributed by atoms with Gasteiger partial charge >= 0.3 is 12.3 Å². The van der Waals surface area contributed by atoms with Crippen molar-refractivity contribution in [3.05, 3.63) is 0 Å². The standard InChI is InChI=1S/C10H17F4N3O/c1-7(15)8(18)17-4-2-16(3-5-17)6-10(13,14)9(11)12/h7,9H,2-6,15H2,1H3. The van der Waals surface area contributed by atoms with Crippen molar-refractivity contribution in [2.75, 3.05) is 32.7 Å². The van der Waals surface area contributed by atoms with Crippen molar-refractivity contribution < 1.29 is 22.4 Å². The van der Waals surface area contributed by atoms with E-state index in [0.29, 0.717) is 0 Å². The Kier molecular flexibility index (Phi) is 4.92. The van der Waals surface area contributed by atoms with Crippen molar-refractivity contribution in [1.82, 2.24) is 9.80 Å². The molecule has 1 fully saturated rings. The maximum absolute atomic E-state index is 12.8. The highest BCUT2D eigenvalue weighted by atomic mass is 19.3. The number of hydrogen-bond acceptors (Lipinski definition) is 3. The fourth-order valence-corrected chi connectivity index (χ4v) is 1.78. The van der Waals surface area contributed by atoms with E-state index >= 15 is 0 Å². The molecule has 1 aliphatic rings. The Bertz CT molecular complexity index is 291. The zero-order valence-electron chi connectivity index (χ0n) is 10.1. The third kappa shape index (κ3) is 3.81. The SMILES string of the molecule is CC(N)C(=O)N1CCN(CC(F)(F)C(F)F)CC1. The molecule has 0 spiro atoms. The van der Waals surface area contributed by atoms with Gasteiger partial charge in [0.15, 0.2) is 0 Å². The van der Waals surface area contributed by atoms with E-state index in [9.17, 15) is 22.4 Å². The van der Waals surface area contributed by atoms with Gasteiger partial charge in [0.25, 0.3) is 0 Å². The number of carbonyl (C=O) groups excluding carboxylic acids is 1. The number of nitrogens with zero attached hydrogens (tertiary/aromatic N) is 2. The summed E-state index contributed by atoms with van der Waals surface area (Å²) in [6.45, 7) is 1.34. The van der Waals surface area contributed by atoms with Crippen LogP contribution >= 0.6 is 0 Å². The number of nitrogens with two attached hydrogens (primary N) is 1. The van der Waals surface area contributed by atoms with Crippen LogP contribution in [-0.4, -0.2) is 66.8 Å². The van der Waals surface area contributed by atoms with E-state index in [-0.39, 0.29) is 32.1 Å². The van der Waals surface area contributed by atoms with E-state index in [1.54, 1.807) is 6.92 Å². The Hall–Kier alpha value is -0.890. The third-order valence-electron chi connectivity index (χ3n) is 2.83. The molecule has 1 unspecified atom stereocenters. The van der Waals surface area contributed by atoms with Crippen LogP contribution in [-0.2, 0) is 4.79 Å². The van der Waals surface area contributed by atoms with Crippen LogP contribution < -0.4 is 5.73 Å². The van der Waals surface area contributed by atoms with Crippen molar-refractivity contribution in [2.45, 2.75) is 25.3 Å². The molecule has 2 N–H and O–H groups in total. The summed E-state index contributed by atoms with van der Waals surface area (Å²) in [6, 6.07) is -0.640. The molecule has 0 aromatic heterocycles. The van der Waals surface area contributed by atoms with Gasteiger partial charge in [-0.3, -0.25) is 9.69 Å². The minimum atomic E-state index is -4.01. The monoisotopic (exact) mass is 271 g/mol. The van der Waals surface area contributed by atoms with Crippen molar-refractivity contribution in [1.29, 1.82) is 0 Å². The molecule has 0 saturated carbocycles. The van der Waals surface area contributed by atoms with Gasteiger partial charge in [-0.2, -0.15) is 8.78 Å². The van der Waals surface area contributed by atoms with E-state index in [4.69, 9.17) is 5.73 Å². The van der Waals surface area contributed by atoms with Gasteiger partial charge < -0.3 is 10.6 Å². The lowest BCUT2D eigenvalue weighted by molar-refractivity contribution is -0.148. The first-order valence-corrected chi connectivity index (χ1v) is 5.66. The van der Waals surface area contributed by atoms with Gasteiger partial charge in [0, 0.05) is 26.2 Å². The van der Waals surface area contributed by atoms with Crippen LogP contribution in [0.2, 0.25) is 0 Å². The molecule has 0 aliphatic carbocycles. The first kappa shape index (κ1) is 15.2. The largest absolute Gasteiger partial charge is 0.339 e. The molecule has 1 saturated heterocycles. The van der Waals surface area contributed by atoms with Gasteiger partial charge in [-0.25, -0.2) is 8.78 Å². The molecular formula is C10H17F4N3O. The highest BCUT2D eigenvalue weighted by Crippen LogP contribution is 2.24. The van der Waals surface area contributed by atoms with Crippen molar-refractivity contribution >= 4 is 5.91 Å². The normalized spacial score (nSPS) is 20.3. The zero-order chi connectivity index (χ0) is 13.9. The Labute approximate surface area is 103 Å². The second-order valence-corrected chi connectivity index (χ2v) is 4.45. The molecule has 0 radical (unpaired) electrons. The lowest BCUT2D eigenvalue weighted by Crippen LogP contribution is -2.55. The molecule has 106 valence electrons. The van der Waals surface area contributed by atoms with Crippen LogP contribution in [0, 0.1) is 0 Å². The molecule has 0 aromatic rings. The summed E-state index contributed by atoms with van der Waals surface area (Å²) in [5.41, 5.74) is 5.42. The molecule has 1 heterocycles. The highest BCUT2D eigenvalue weighted by molar-refractivity contribution is 5.81. The van der Waals surface area contributed by atoms with Crippen molar-refractivity contribution in [3.63, 3.8) is 0 Å². The number of piperazine rings is 1. The fourth-order valence-electron chi connectivity index (χ4n) is 1.78. The minimum Gasteiger partial charge on any atom is -0.339 e. The quantitative estimate of drug-likeness (QED) is 0.752. The number of halogens is 4. The van der Waals surface area contributed by atoms with Crippen molar-refractivity contribution in [2.24, 2.45) is 5.73 Å². The predicted octanol–water partition coefficient (Wildman–Crippen LogP) is 0.378. The van der Waals surface area contributed by atoms with E-state index < -0.39 is 24.9 Å². The number of rotatable bonds is 4. The van der Waals surface area contributed by atoms with Crippen LogP contribution in [0.3, 0.4) is 0 Å². The van der Waals surface area contributed by atoms with E-state index in [0.717, 1.165) is 0 Å². The summed E-state index contributed by atoms with van der Waals surface area (Å²) < 4.78 is 49.7. The summed E-state index contributed by atoms with van der Waals surface area (Å²) in [6.07, 6.45) is -3.67. The maximum atomic E-state index is 12.8. The van der Waals surface area contributed by atoms with Gasteiger partial charge in [-0.05, 0) is 6.92 Å². The second kappa shape index (κ2) is 5.83. The molecular weight excluding hydrogens is 254 g/mol. The second-order valence-electron chi connectivity index (χ2n) is 4.45. The minimum absolute atomic E-state index is 0.154. The molecule has 0 bridgehead atoms. The Morgan fingerprint density at radius 1 is 1.28 bits per heavy atom. The molecule has 1 rings (SSSR count). The van der Waals surface area contributed by atoms with Crippen LogP contribution in [0.15, 0.2) is 0 Å². The summed E-state index contributed by atoms with van der Waals surface area (Å²) in [5, 5.41) is 0. The predicted molar refractivity (Wildman–Crippen MR) is 57.6 cm³/mol. The lowest BCUT2D eigenvalue weighted by Gasteiger charge is -2.36. The van der Waals surface area contributed by atoms with Gasteiger partial charge in [0.05, 0.1) is 12.6 Å². The third-order valence-corrected chi connectivity index (χ3v) is 2.83. The summed E-state index contributed by atoms with van der Waals surface area (Å²) in [7, 11) is 0. The molecule has 18 heavy (non-hydrogen) atoms. The van der Waals surface area contributed by atoms with Crippen LogP contribution in [0.1, 0.15) is 6.92 Å². The number of carbonyl (C=O) groups is 1. The lowest BCUT2D eigenvalue weighted by atomic mass is 10.2. The molecule has 0 aromatic carbocycles. The molecule has 4 nitrogen and oxygen atoms in total. The van der Waals surface area contributed by atoms with E-state index in [1.807, 2.05) is 0 Å². The zero-order valence-corrected chi connectivity index (χ0v) is 10.1. The van der Waals surface area contributed by atoms with Gasteiger partial charge in [0.2, 0.25) is 5.91 Å². The first-order valence-electron chi connectivity index (χ1n) is 5.66. The van der Waals surface area contributed by atoms with Gasteiger partial charge in [-0.15, -0.1) is 0 Å². The molecule has 8 heteroatoms. The van der Waals surface area contributed by atoms with E-state index in [2.05, 4.69) is 0 Å². The summed E-state index contributed by atoms with van der Waals surface area (Å²) >= 11 is 0. The van der Waals surface area contributed by atoms with Crippen molar-refractivity contribution in [3.8, 4) is 0 Å². The Morgan fingerprint density at radius 2 is 1.78 bits per heavy atom. The smallest absolute Gasteiger partial charge is 0.319 e. The Morgan fingerprint density at radius 3 is 2.17 bits per heavy atom. The topological polar surface area (TPSA) is 49.6 Å². The highest BCUT2D eigenvalue weighted by Gasteiger charge is 2.42. The maximum Gasteiger partial charge on any atom is 0.319 e.